The van der Waals surface area contributed by atoms with E-state index in [4.69, 9.17) is 9.47 Å². The predicted molar refractivity (Wildman–Crippen MR) is 129 cm³/mol. The van der Waals surface area contributed by atoms with Crippen molar-refractivity contribution in [3.05, 3.63) is 53.8 Å². The number of hydrogen-bond acceptors (Lipinski definition) is 6. The maximum absolute atomic E-state index is 14.1. The van der Waals surface area contributed by atoms with E-state index in [1.165, 1.54) is 31.0 Å². The topological polar surface area (TPSA) is 93.7 Å². The first-order valence-electron chi connectivity index (χ1n) is 10.5. The fraction of sp³-hybridized carbons (Fsp3) is 0.435. The lowest BCUT2D eigenvalue weighted by atomic mass is 10.1. The van der Waals surface area contributed by atoms with Crippen LogP contribution in [0.15, 0.2) is 47.4 Å². The van der Waals surface area contributed by atoms with Crippen molar-refractivity contribution in [3.8, 4) is 11.5 Å². The van der Waals surface area contributed by atoms with Crippen molar-refractivity contribution < 1.29 is 27.1 Å². The molecule has 2 aromatic rings. The molecule has 0 heterocycles. The van der Waals surface area contributed by atoms with Gasteiger partial charge in [-0.3, -0.25) is 4.79 Å². The van der Waals surface area contributed by atoms with Crippen molar-refractivity contribution in [2.45, 2.75) is 50.3 Å². The summed E-state index contributed by atoms with van der Waals surface area (Å²) in [5.41, 5.74) is 0.761. The van der Waals surface area contributed by atoms with Gasteiger partial charge in [0.05, 0.1) is 19.3 Å². The Morgan fingerprint density at radius 1 is 1.12 bits per heavy atom. The van der Waals surface area contributed by atoms with Crippen LogP contribution in [0.4, 0.5) is 4.39 Å². The highest BCUT2D eigenvalue weighted by atomic mass is 32.2. The Hall–Kier alpha value is -2.30. The zero-order chi connectivity index (χ0) is 24.6. The van der Waals surface area contributed by atoms with Crippen LogP contribution in [0.3, 0.4) is 0 Å². The van der Waals surface area contributed by atoms with Gasteiger partial charge in [0.1, 0.15) is 16.8 Å². The Morgan fingerprint density at radius 2 is 1.82 bits per heavy atom. The molecule has 2 atom stereocenters. The number of hydrogen-bond donors (Lipinski definition) is 2. The lowest BCUT2D eigenvalue weighted by Gasteiger charge is -2.22. The van der Waals surface area contributed by atoms with E-state index < -0.39 is 38.7 Å². The van der Waals surface area contributed by atoms with E-state index in [0.29, 0.717) is 17.3 Å². The van der Waals surface area contributed by atoms with Crippen LogP contribution in [0.2, 0.25) is 0 Å². The fourth-order valence-electron chi connectivity index (χ4n) is 3.09. The molecule has 0 bridgehead atoms. The molecule has 2 N–H and O–H groups in total. The molecular formula is C23H31FN2O5S2. The third kappa shape index (κ3) is 7.62. The molecule has 0 aromatic heterocycles. The van der Waals surface area contributed by atoms with Gasteiger partial charge in [0, 0.05) is 0 Å². The van der Waals surface area contributed by atoms with Crippen molar-refractivity contribution >= 4 is 27.7 Å². The molecular weight excluding hydrogens is 467 g/mol. The third-order valence-electron chi connectivity index (χ3n) is 4.76. The molecule has 0 saturated heterocycles. The quantitative estimate of drug-likeness (QED) is 0.461. The van der Waals surface area contributed by atoms with Crippen molar-refractivity contribution in [2.24, 2.45) is 0 Å². The summed E-state index contributed by atoms with van der Waals surface area (Å²) in [4.78, 5) is 12.5. The molecule has 0 aliphatic heterocycles. The number of ether oxygens (including phenoxy) is 2. The molecule has 33 heavy (non-hydrogen) atoms. The number of benzene rings is 2. The summed E-state index contributed by atoms with van der Waals surface area (Å²) in [6, 6.07) is 8.91. The minimum Gasteiger partial charge on any atom is -0.493 e. The number of carbonyl (C=O) groups excluding carboxylic acids is 1. The first-order valence-corrected chi connectivity index (χ1v) is 13.4. The summed E-state index contributed by atoms with van der Waals surface area (Å²) in [5, 5.41) is 2.84. The average molecular weight is 499 g/mol. The summed E-state index contributed by atoms with van der Waals surface area (Å²) in [6.45, 7) is 5.60. The highest BCUT2D eigenvalue weighted by molar-refractivity contribution is 7.98. The highest BCUT2D eigenvalue weighted by Gasteiger charge is 2.28. The predicted octanol–water partition coefficient (Wildman–Crippen LogP) is 3.90. The number of methoxy groups -OCH3 is 1. The number of halogens is 1. The number of carbonyl (C=O) groups is 1. The molecule has 0 aliphatic carbocycles. The Balaban J connectivity index is 2.20. The normalized spacial score (nSPS) is 13.4. The first-order chi connectivity index (χ1) is 15.6. The lowest BCUT2D eigenvalue weighted by Crippen LogP contribution is -2.47. The average Bonchev–Trinajstić information content (AvgIpc) is 2.76. The monoisotopic (exact) mass is 498 g/mol. The number of thioether (sulfide) groups is 1. The van der Waals surface area contributed by atoms with E-state index >= 15 is 0 Å². The molecule has 2 unspecified atom stereocenters. The minimum atomic E-state index is -4.23. The zero-order valence-corrected chi connectivity index (χ0v) is 21.1. The summed E-state index contributed by atoms with van der Waals surface area (Å²) in [5.74, 6) is 0.282. The second-order valence-corrected chi connectivity index (χ2v) is 10.4. The van der Waals surface area contributed by atoms with Crippen LogP contribution in [0.25, 0.3) is 0 Å². The van der Waals surface area contributed by atoms with Gasteiger partial charge < -0.3 is 14.8 Å². The Labute approximate surface area is 199 Å². The summed E-state index contributed by atoms with van der Waals surface area (Å²) < 4.78 is 53.0. The minimum absolute atomic E-state index is 0.0263. The highest BCUT2D eigenvalue weighted by Crippen LogP contribution is 2.31. The van der Waals surface area contributed by atoms with Crippen molar-refractivity contribution in [1.82, 2.24) is 10.0 Å². The second kappa shape index (κ2) is 12.2. The maximum atomic E-state index is 14.1. The van der Waals surface area contributed by atoms with Crippen LogP contribution in [-0.2, 0) is 14.8 Å². The maximum Gasteiger partial charge on any atom is 0.244 e. The number of amides is 1. The number of sulfonamides is 1. The van der Waals surface area contributed by atoms with Crippen LogP contribution in [0.1, 0.15) is 38.8 Å². The van der Waals surface area contributed by atoms with Crippen LogP contribution in [0, 0.1) is 5.82 Å². The molecule has 182 valence electrons. The van der Waals surface area contributed by atoms with Gasteiger partial charge in [-0.2, -0.15) is 16.5 Å². The molecule has 0 aliphatic rings. The molecule has 2 aromatic carbocycles. The molecule has 1 amide bonds. The largest absolute Gasteiger partial charge is 0.493 e. The Morgan fingerprint density at radius 3 is 2.42 bits per heavy atom. The Kier molecular flexibility index (Phi) is 10.00. The Bertz CT molecular complexity index is 1050. The van der Waals surface area contributed by atoms with E-state index in [2.05, 4.69) is 10.0 Å². The molecule has 2 rings (SSSR count). The molecule has 0 saturated carbocycles. The van der Waals surface area contributed by atoms with Crippen LogP contribution >= 0.6 is 11.8 Å². The number of nitrogens with one attached hydrogen (secondary N) is 2. The van der Waals surface area contributed by atoms with E-state index in [1.807, 2.05) is 26.2 Å². The van der Waals surface area contributed by atoms with Gasteiger partial charge >= 0.3 is 0 Å². The third-order valence-corrected chi connectivity index (χ3v) is 6.91. The first kappa shape index (κ1) is 26.9. The van der Waals surface area contributed by atoms with Crippen molar-refractivity contribution in [1.29, 1.82) is 0 Å². The van der Waals surface area contributed by atoms with Gasteiger partial charge in [-0.15, -0.1) is 0 Å². The summed E-state index contributed by atoms with van der Waals surface area (Å²) in [6.07, 6.45) is 2.08. The smallest absolute Gasteiger partial charge is 0.244 e. The van der Waals surface area contributed by atoms with Gasteiger partial charge in [-0.1, -0.05) is 18.2 Å². The van der Waals surface area contributed by atoms with E-state index in [-0.39, 0.29) is 12.5 Å². The molecule has 7 nitrogen and oxygen atoms in total. The van der Waals surface area contributed by atoms with E-state index in [1.54, 1.807) is 19.1 Å². The molecule has 10 heteroatoms. The van der Waals surface area contributed by atoms with Gasteiger partial charge in [-0.05, 0) is 69.0 Å². The van der Waals surface area contributed by atoms with Gasteiger partial charge in [0.2, 0.25) is 15.9 Å². The SMILES string of the molecule is COc1cc(C(C)NC(=O)C(CCSC)NS(=O)(=O)c2ccccc2F)ccc1OC(C)C. The second-order valence-electron chi connectivity index (χ2n) is 7.69. The van der Waals surface area contributed by atoms with Gasteiger partial charge in [0.25, 0.3) is 0 Å². The number of rotatable bonds is 12. The fourth-order valence-corrected chi connectivity index (χ4v) is 4.88. The lowest BCUT2D eigenvalue weighted by molar-refractivity contribution is -0.123. The molecule has 0 fully saturated rings. The van der Waals surface area contributed by atoms with Gasteiger partial charge in [0.15, 0.2) is 11.5 Å². The van der Waals surface area contributed by atoms with Gasteiger partial charge in [-0.25, -0.2) is 12.8 Å². The summed E-state index contributed by atoms with van der Waals surface area (Å²) >= 11 is 1.48. The van der Waals surface area contributed by atoms with Crippen molar-refractivity contribution in [3.63, 3.8) is 0 Å². The zero-order valence-electron chi connectivity index (χ0n) is 19.4. The van der Waals surface area contributed by atoms with Crippen LogP contribution in [-0.4, -0.2) is 45.6 Å². The molecule has 0 spiro atoms. The van der Waals surface area contributed by atoms with E-state index in [0.717, 1.165) is 17.7 Å². The standard InChI is InChI=1S/C23H31FN2O5S2/c1-15(2)31-20-11-10-17(14-21(20)30-4)16(3)25-23(27)19(12-13-32-5)26-33(28,29)22-9-7-6-8-18(22)24/h6-11,14-16,19,26H,12-13H2,1-5H3,(H,25,27). The van der Waals surface area contributed by atoms with E-state index in [9.17, 15) is 17.6 Å². The van der Waals surface area contributed by atoms with Crippen LogP contribution in [0.5, 0.6) is 11.5 Å². The van der Waals surface area contributed by atoms with Crippen molar-refractivity contribution in [2.75, 3.05) is 19.1 Å². The van der Waals surface area contributed by atoms with Crippen LogP contribution < -0.4 is 19.5 Å². The molecule has 0 radical (unpaired) electrons. The summed E-state index contributed by atoms with van der Waals surface area (Å²) in [7, 11) is -2.69.